The van der Waals surface area contributed by atoms with Crippen molar-refractivity contribution in [3.05, 3.63) is 53.6 Å². The van der Waals surface area contributed by atoms with Gasteiger partial charge in [-0.15, -0.1) is 0 Å². The Morgan fingerprint density at radius 1 is 1.16 bits per heavy atom. The lowest BCUT2D eigenvalue weighted by Crippen LogP contribution is -2.37. The Kier molecular flexibility index (Phi) is 5.60. The normalized spacial score (nSPS) is 13.2. The Balaban J connectivity index is 1.55. The van der Waals surface area contributed by atoms with E-state index in [1.54, 1.807) is 7.11 Å². The zero-order chi connectivity index (χ0) is 17.6. The molecule has 1 heterocycles. The Hall–Kier alpha value is -2.47. The van der Waals surface area contributed by atoms with Gasteiger partial charge in [0.1, 0.15) is 5.75 Å². The first-order chi connectivity index (χ1) is 12.2. The first-order valence-electron chi connectivity index (χ1n) is 8.26. The minimum Gasteiger partial charge on any atom is -0.497 e. The molecule has 5 nitrogen and oxygen atoms in total. The first kappa shape index (κ1) is 17.4. The van der Waals surface area contributed by atoms with E-state index in [0.717, 1.165) is 29.2 Å². The summed E-state index contributed by atoms with van der Waals surface area (Å²) in [5.74, 6) is 2.42. The maximum Gasteiger partial charge on any atom is 0.231 e. The largest absolute Gasteiger partial charge is 0.497 e. The van der Waals surface area contributed by atoms with E-state index >= 15 is 0 Å². The van der Waals surface area contributed by atoms with Gasteiger partial charge < -0.3 is 24.8 Å². The molecule has 0 unspecified atom stereocenters. The molecular formula is C19H22N2O3S. The van der Waals surface area contributed by atoms with Crippen LogP contribution in [0.1, 0.15) is 30.5 Å². The van der Waals surface area contributed by atoms with Crippen LogP contribution in [0.3, 0.4) is 0 Å². The fourth-order valence-electron chi connectivity index (χ4n) is 2.70. The first-order valence-corrected chi connectivity index (χ1v) is 8.67. The van der Waals surface area contributed by atoms with Gasteiger partial charge in [-0.2, -0.15) is 0 Å². The summed E-state index contributed by atoms with van der Waals surface area (Å²) in [6.45, 7) is 3.04. The van der Waals surface area contributed by atoms with Crippen molar-refractivity contribution in [1.82, 2.24) is 10.6 Å². The van der Waals surface area contributed by atoms with Gasteiger partial charge in [0.15, 0.2) is 16.6 Å². The highest BCUT2D eigenvalue weighted by molar-refractivity contribution is 7.80. The summed E-state index contributed by atoms with van der Waals surface area (Å²) in [6.07, 6.45) is 0.929. The van der Waals surface area contributed by atoms with Crippen LogP contribution in [0.2, 0.25) is 0 Å². The third-order valence-corrected chi connectivity index (χ3v) is 4.38. The van der Waals surface area contributed by atoms with Crippen molar-refractivity contribution in [2.45, 2.75) is 25.9 Å². The average molecular weight is 358 g/mol. The van der Waals surface area contributed by atoms with Gasteiger partial charge in [0.05, 0.1) is 13.2 Å². The standard InChI is InChI=1S/C19H22N2O3S/c1-3-16(14-5-7-15(22-2)8-6-14)21-19(25)20-11-13-4-9-17-18(10-13)24-12-23-17/h4-10,16H,3,11-12H2,1-2H3,(H2,20,21,25)/t16-/m0/s1. The molecule has 6 heteroatoms. The molecular weight excluding hydrogens is 336 g/mol. The maximum atomic E-state index is 5.44. The van der Waals surface area contributed by atoms with Gasteiger partial charge in [-0.25, -0.2) is 0 Å². The molecule has 2 N–H and O–H groups in total. The van der Waals surface area contributed by atoms with Crippen molar-refractivity contribution >= 4 is 17.3 Å². The van der Waals surface area contributed by atoms with E-state index in [0.29, 0.717) is 11.7 Å². The molecule has 0 amide bonds. The van der Waals surface area contributed by atoms with E-state index in [1.165, 1.54) is 5.56 Å². The Morgan fingerprint density at radius 2 is 1.92 bits per heavy atom. The molecule has 0 aliphatic carbocycles. The van der Waals surface area contributed by atoms with Crippen molar-refractivity contribution in [1.29, 1.82) is 0 Å². The lowest BCUT2D eigenvalue weighted by molar-refractivity contribution is 0.174. The van der Waals surface area contributed by atoms with Crippen molar-refractivity contribution in [2.24, 2.45) is 0 Å². The number of benzene rings is 2. The van der Waals surface area contributed by atoms with Crippen LogP contribution < -0.4 is 24.8 Å². The van der Waals surface area contributed by atoms with Crippen LogP contribution in [0, 0.1) is 0 Å². The van der Waals surface area contributed by atoms with Crippen molar-refractivity contribution in [3.8, 4) is 17.2 Å². The average Bonchev–Trinajstić information content (AvgIpc) is 3.12. The predicted molar refractivity (Wildman–Crippen MR) is 101 cm³/mol. The minimum absolute atomic E-state index is 0.155. The summed E-state index contributed by atoms with van der Waals surface area (Å²) in [5.41, 5.74) is 2.27. The van der Waals surface area contributed by atoms with Gasteiger partial charge in [0.25, 0.3) is 0 Å². The zero-order valence-electron chi connectivity index (χ0n) is 14.4. The molecule has 2 aromatic rings. The molecule has 1 atom stereocenters. The second-order valence-corrected chi connectivity index (χ2v) is 6.16. The molecule has 25 heavy (non-hydrogen) atoms. The van der Waals surface area contributed by atoms with Crippen LogP contribution in [0.25, 0.3) is 0 Å². The smallest absolute Gasteiger partial charge is 0.231 e. The van der Waals surface area contributed by atoms with Crippen molar-refractivity contribution in [2.75, 3.05) is 13.9 Å². The third kappa shape index (κ3) is 4.33. The number of hydrogen-bond donors (Lipinski definition) is 2. The lowest BCUT2D eigenvalue weighted by Gasteiger charge is -2.20. The van der Waals surface area contributed by atoms with Gasteiger partial charge in [-0.3, -0.25) is 0 Å². The molecule has 132 valence electrons. The van der Waals surface area contributed by atoms with Gasteiger partial charge in [0.2, 0.25) is 6.79 Å². The zero-order valence-corrected chi connectivity index (χ0v) is 15.2. The molecule has 2 aromatic carbocycles. The fourth-order valence-corrected chi connectivity index (χ4v) is 2.91. The molecule has 0 aromatic heterocycles. The molecule has 1 aliphatic heterocycles. The maximum absolute atomic E-state index is 5.44. The number of hydrogen-bond acceptors (Lipinski definition) is 4. The summed E-state index contributed by atoms with van der Waals surface area (Å²) in [6, 6.07) is 14.1. The van der Waals surface area contributed by atoms with Gasteiger partial charge in [-0.05, 0) is 54.0 Å². The van der Waals surface area contributed by atoms with Crippen molar-refractivity contribution < 1.29 is 14.2 Å². The van der Waals surface area contributed by atoms with Crippen LogP contribution in [-0.2, 0) is 6.54 Å². The van der Waals surface area contributed by atoms with Crippen LogP contribution in [0.5, 0.6) is 17.2 Å². The van der Waals surface area contributed by atoms with Crippen LogP contribution >= 0.6 is 12.2 Å². The SMILES string of the molecule is CC[C@H](NC(=S)NCc1ccc2c(c1)OCO2)c1ccc(OC)cc1. The Bertz CT molecular complexity index is 734. The Labute approximate surface area is 153 Å². The summed E-state index contributed by atoms with van der Waals surface area (Å²) >= 11 is 5.44. The highest BCUT2D eigenvalue weighted by Gasteiger charge is 2.14. The number of fused-ring (bicyclic) bond motifs is 1. The number of ether oxygens (including phenoxy) is 3. The topological polar surface area (TPSA) is 51.8 Å². The minimum atomic E-state index is 0.155. The highest BCUT2D eigenvalue weighted by Crippen LogP contribution is 2.32. The van der Waals surface area contributed by atoms with Crippen LogP contribution in [-0.4, -0.2) is 19.0 Å². The van der Waals surface area contributed by atoms with E-state index in [9.17, 15) is 0 Å². The van der Waals surface area contributed by atoms with Gasteiger partial charge in [0, 0.05) is 6.54 Å². The summed E-state index contributed by atoms with van der Waals surface area (Å²) in [4.78, 5) is 0. The number of rotatable bonds is 6. The van der Waals surface area contributed by atoms with Gasteiger partial charge >= 0.3 is 0 Å². The molecule has 0 saturated heterocycles. The second-order valence-electron chi connectivity index (χ2n) is 5.75. The molecule has 0 spiro atoms. The van der Waals surface area contributed by atoms with Crippen LogP contribution in [0.4, 0.5) is 0 Å². The van der Waals surface area contributed by atoms with E-state index < -0.39 is 0 Å². The molecule has 0 radical (unpaired) electrons. The second kappa shape index (κ2) is 8.07. The summed E-state index contributed by atoms with van der Waals surface area (Å²) < 4.78 is 15.9. The fraction of sp³-hybridized carbons (Fsp3) is 0.316. The van der Waals surface area contributed by atoms with E-state index in [-0.39, 0.29) is 12.8 Å². The number of thiocarbonyl (C=S) groups is 1. The molecule has 1 aliphatic rings. The van der Waals surface area contributed by atoms with Gasteiger partial charge in [-0.1, -0.05) is 25.1 Å². The number of nitrogens with one attached hydrogen (secondary N) is 2. The van der Waals surface area contributed by atoms with Crippen LogP contribution in [0.15, 0.2) is 42.5 Å². The lowest BCUT2D eigenvalue weighted by atomic mass is 10.0. The van der Waals surface area contributed by atoms with E-state index in [1.807, 2.05) is 30.3 Å². The van der Waals surface area contributed by atoms with E-state index in [4.69, 9.17) is 26.4 Å². The highest BCUT2D eigenvalue weighted by atomic mass is 32.1. The monoisotopic (exact) mass is 358 g/mol. The van der Waals surface area contributed by atoms with Crippen molar-refractivity contribution in [3.63, 3.8) is 0 Å². The molecule has 0 fully saturated rings. The molecule has 0 bridgehead atoms. The molecule has 3 rings (SSSR count). The van der Waals surface area contributed by atoms with E-state index in [2.05, 4.69) is 29.7 Å². The molecule has 0 saturated carbocycles. The third-order valence-electron chi connectivity index (χ3n) is 4.12. The predicted octanol–water partition coefficient (Wildman–Crippen LogP) is 3.54. The summed E-state index contributed by atoms with van der Waals surface area (Å²) in [5, 5.41) is 7.24. The quantitative estimate of drug-likeness (QED) is 0.771. The summed E-state index contributed by atoms with van der Waals surface area (Å²) in [7, 11) is 1.67. The Morgan fingerprint density at radius 3 is 2.64 bits per heavy atom. The number of methoxy groups -OCH3 is 1.